The van der Waals surface area contributed by atoms with Gasteiger partial charge in [0.15, 0.2) is 0 Å². The summed E-state index contributed by atoms with van der Waals surface area (Å²) in [6, 6.07) is 31.7. The molecule has 216 valence electrons. The van der Waals surface area contributed by atoms with E-state index in [0.29, 0.717) is 30.3 Å². The second-order valence-electron chi connectivity index (χ2n) is 10.6. The normalized spacial score (nSPS) is 13.4. The van der Waals surface area contributed by atoms with E-state index in [2.05, 4.69) is 23.6 Å². The summed E-state index contributed by atoms with van der Waals surface area (Å²) in [5.74, 6) is 0.921. The number of benzene rings is 4. The summed E-state index contributed by atoms with van der Waals surface area (Å²) in [6.45, 7) is 11.1. The fraction of sp³-hybridized carbons (Fsp3) is 0.250. The number of rotatable bonds is 11. The number of amides is 1. The quantitative estimate of drug-likeness (QED) is 0.197. The molecule has 0 saturated carbocycles. The zero-order valence-corrected chi connectivity index (χ0v) is 24.4. The molecule has 1 heterocycles. The van der Waals surface area contributed by atoms with Gasteiger partial charge in [-0.05, 0) is 47.4 Å². The highest BCUT2D eigenvalue weighted by Gasteiger charge is 2.23. The minimum atomic E-state index is -0.170. The SMILES string of the molecule is C=C(C)c1cc(C(=O)N(C)c2ccc(CN3CCOCC3)cc2)c(OCc2ccccc2)cc1OCc1ccccc1. The number of nitrogens with zero attached hydrogens (tertiary/aromatic N) is 2. The Balaban J connectivity index is 1.41. The molecule has 1 amide bonds. The summed E-state index contributed by atoms with van der Waals surface area (Å²) >= 11 is 0. The maximum Gasteiger partial charge on any atom is 0.261 e. The molecule has 0 bridgehead atoms. The van der Waals surface area contributed by atoms with Crippen LogP contribution in [-0.4, -0.2) is 44.2 Å². The Morgan fingerprint density at radius 3 is 1.88 bits per heavy atom. The van der Waals surface area contributed by atoms with Crippen LogP contribution in [0.3, 0.4) is 0 Å². The largest absolute Gasteiger partial charge is 0.488 e. The van der Waals surface area contributed by atoms with Gasteiger partial charge in [0.25, 0.3) is 5.91 Å². The topological polar surface area (TPSA) is 51.2 Å². The van der Waals surface area contributed by atoms with Crippen LogP contribution in [0.4, 0.5) is 5.69 Å². The lowest BCUT2D eigenvalue weighted by Crippen LogP contribution is -2.35. The molecule has 0 atom stereocenters. The molecule has 4 aromatic rings. The lowest BCUT2D eigenvalue weighted by atomic mass is 10.0. The molecule has 0 aromatic heterocycles. The number of allylic oxidation sites excluding steroid dienone is 1. The minimum Gasteiger partial charge on any atom is -0.488 e. The Morgan fingerprint density at radius 2 is 1.33 bits per heavy atom. The van der Waals surface area contributed by atoms with E-state index in [1.807, 2.05) is 91.9 Å². The van der Waals surface area contributed by atoms with Crippen molar-refractivity contribution in [3.8, 4) is 11.5 Å². The second kappa shape index (κ2) is 14.0. The molecular formula is C36H38N2O4. The summed E-state index contributed by atoms with van der Waals surface area (Å²) in [7, 11) is 1.79. The third kappa shape index (κ3) is 7.46. The van der Waals surface area contributed by atoms with E-state index < -0.39 is 0 Å². The summed E-state index contributed by atoms with van der Waals surface area (Å²) in [4.78, 5) is 18.0. The number of carbonyl (C=O) groups is 1. The minimum absolute atomic E-state index is 0.170. The molecule has 0 aliphatic carbocycles. The van der Waals surface area contributed by atoms with Crippen molar-refractivity contribution >= 4 is 17.2 Å². The zero-order chi connectivity index (χ0) is 29.3. The first-order valence-corrected chi connectivity index (χ1v) is 14.3. The van der Waals surface area contributed by atoms with Gasteiger partial charge in [-0.25, -0.2) is 0 Å². The van der Waals surface area contributed by atoms with E-state index in [-0.39, 0.29) is 5.91 Å². The summed E-state index contributed by atoms with van der Waals surface area (Å²) in [5.41, 5.74) is 6.10. The maximum absolute atomic E-state index is 14.0. The molecule has 4 aromatic carbocycles. The van der Waals surface area contributed by atoms with Crippen LogP contribution >= 0.6 is 0 Å². The Kier molecular flexibility index (Phi) is 9.70. The van der Waals surface area contributed by atoms with Gasteiger partial charge >= 0.3 is 0 Å². The van der Waals surface area contributed by atoms with Crippen LogP contribution in [-0.2, 0) is 24.5 Å². The highest BCUT2D eigenvalue weighted by Crippen LogP contribution is 2.35. The Labute approximate surface area is 248 Å². The first-order chi connectivity index (χ1) is 20.5. The highest BCUT2D eigenvalue weighted by atomic mass is 16.5. The molecule has 6 heteroatoms. The number of morpholine rings is 1. The molecule has 1 fully saturated rings. The first-order valence-electron chi connectivity index (χ1n) is 14.3. The van der Waals surface area contributed by atoms with Gasteiger partial charge < -0.3 is 19.1 Å². The van der Waals surface area contributed by atoms with Crippen molar-refractivity contribution in [2.75, 3.05) is 38.3 Å². The Hall–Kier alpha value is -4.39. The standard InChI is InChI=1S/C36H38N2O4/c1-27(2)32-22-33(36(39)37(3)31-16-14-28(15-17-31)24-38-18-20-40-21-19-38)35(42-26-30-12-8-5-9-13-30)23-34(32)41-25-29-10-6-4-7-11-29/h4-17,22-23H,1,18-21,24-26H2,2-3H3. The van der Waals surface area contributed by atoms with E-state index in [9.17, 15) is 4.79 Å². The Bertz CT molecular complexity index is 1480. The van der Waals surface area contributed by atoms with Crippen LogP contribution in [0.15, 0.2) is 104 Å². The van der Waals surface area contributed by atoms with E-state index in [1.54, 1.807) is 11.9 Å². The van der Waals surface area contributed by atoms with Crippen molar-refractivity contribution in [1.82, 2.24) is 4.90 Å². The number of ether oxygens (including phenoxy) is 3. The van der Waals surface area contributed by atoms with Crippen LogP contribution in [0, 0.1) is 0 Å². The van der Waals surface area contributed by atoms with Gasteiger partial charge in [0.2, 0.25) is 0 Å². The number of hydrogen-bond donors (Lipinski definition) is 0. The van der Waals surface area contributed by atoms with Crippen molar-refractivity contribution in [2.24, 2.45) is 0 Å². The van der Waals surface area contributed by atoms with Crippen molar-refractivity contribution in [3.05, 3.63) is 131 Å². The van der Waals surface area contributed by atoms with Crippen LogP contribution < -0.4 is 14.4 Å². The van der Waals surface area contributed by atoms with E-state index in [0.717, 1.165) is 60.8 Å². The molecule has 5 rings (SSSR count). The highest BCUT2D eigenvalue weighted by molar-refractivity contribution is 6.08. The smallest absolute Gasteiger partial charge is 0.261 e. The van der Waals surface area contributed by atoms with Gasteiger partial charge in [0.1, 0.15) is 24.7 Å². The van der Waals surface area contributed by atoms with E-state index >= 15 is 0 Å². The molecule has 0 unspecified atom stereocenters. The van der Waals surface area contributed by atoms with Crippen molar-refractivity contribution in [3.63, 3.8) is 0 Å². The van der Waals surface area contributed by atoms with E-state index in [4.69, 9.17) is 14.2 Å². The molecule has 0 spiro atoms. The first kappa shape index (κ1) is 29.1. The lowest BCUT2D eigenvalue weighted by molar-refractivity contribution is 0.0342. The third-order valence-electron chi connectivity index (χ3n) is 7.38. The molecule has 0 N–H and O–H groups in total. The summed E-state index contributed by atoms with van der Waals surface area (Å²) in [6.07, 6.45) is 0. The maximum atomic E-state index is 14.0. The van der Waals surface area contributed by atoms with Crippen molar-refractivity contribution in [1.29, 1.82) is 0 Å². The van der Waals surface area contributed by atoms with Gasteiger partial charge in [-0.3, -0.25) is 9.69 Å². The van der Waals surface area contributed by atoms with Crippen molar-refractivity contribution < 1.29 is 19.0 Å². The van der Waals surface area contributed by atoms with Crippen LogP contribution in [0.1, 0.15) is 39.5 Å². The van der Waals surface area contributed by atoms with Gasteiger partial charge in [0.05, 0.1) is 18.8 Å². The summed E-state index contributed by atoms with van der Waals surface area (Å²) in [5, 5.41) is 0. The monoisotopic (exact) mass is 562 g/mol. The third-order valence-corrected chi connectivity index (χ3v) is 7.38. The predicted octanol–water partition coefficient (Wildman–Crippen LogP) is 6.99. The fourth-order valence-electron chi connectivity index (χ4n) is 4.91. The van der Waals surface area contributed by atoms with Crippen LogP contribution in [0.5, 0.6) is 11.5 Å². The number of carbonyl (C=O) groups excluding carboxylic acids is 1. The number of anilines is 1. The second-order valence-corrected chi connectivity index (χ2v) is 10.6. The van der Waals surface area contributed by atoms with Crippen LogP contribution in [0.25, 0.3) is 5.57 Å². The lowest BCUT2D eigenvalue weighted by Gasteiger charge is -2.27. The van der Waals surface area contributed by atoms with Gasteiger partial charge in [0, 0.05) is 44.0 Å². The van der Waals surface area contributed by atoms with Gasteiger partial charge in [-0.2, -0.15) is 0 Å². The predicted molar refractivity (Wildman–Crippen MR) is 168 cm³/mol. The summed E-state index contributed by atoms with van der Waals surface area (Å²) < 4.78 is 18.0. The molecule has 1 aliphatic heterocycles. The average molecular weight is 563 g/mol. The molecule has 1 saturated heterocycles. The van der Waals surface area contributed by atoms with Crippen LogP contribution in [0.2, 0.25) is 0 Å². The van der Waals surface area contributed by atoms with Crippen molar-refractivity contribution in [2.45, 2.75) is 26.7 Å². The zero-order valence-electron chi connectivity index (χ0n) is 24.4. The van der Waals surface area contributed by atoms with Gasteiger partial charge in [-0.1, -0.05) is 79.4 Å². The van der Waals surface area contributed by atoms with E-state index in [1.165, 1.54) is 5.56 Å². The molecule has 0 radical (unpaired) electrons. The molecule has 1 aliphatic rings. The van der Waals surface area contributed by atoms with Gasteiger partial charge in [-0.15, -0.1) is 0 Å². The Morgan fingerprint density at radius 1 is 0.786 bits per heavy atom. The number of hydrogen-bond acceptors (Lipinski definition) is 5. The fourth-order valence-corrected chi connectivity index (χ4v) is 4.91. The average Bonchev–Trinajstić information content (AvgIpc) is 3.03. The molecule has 6 nitrogen and oxygen atoms in total. The molecule has 42 heavy (non-hydrogen) atoms. The molecular weight excluding hydrogens is 524 g/mol.